The number of nitrogens with zero attached hydrogens (tertiary/aromatic N) is 2. The third-order valence-electron chi connectivity index (χ3n) is 4.53. The maximum Gasteiger partial charge on any atom is 0.123 e. The molecule has 0 aliphatic rings. The lowest BCUT2D eigenvalue weighted by molar-refractivity contribution is 0.627. The average Bonchev–Trinajstić information content (AvgIpc) is 2.63. The van der Waals surface area contributed by atoms with Crippen LogP contribution >= 0.6 is 0 Å². The molecule has 0 bridgehead atoms. The Balaban J connectivity index is 2.02. The van der Waals surface area contributed by atoms with Crippen molar-refractivity contribution < 1.29 is 8.78 Å². The lowest BCUT2D eigenvalue weighted by Gasteiger charge is -2.13. The van der Waals surface area contributed by atoms with E-state index < -0.39 is 0 Å². The minimum atomic E-state index is -0.288. The third-order valence-corrected chi connectivity index (χ3v) is 4.53. The fraction of sp³-hybridized carbons (Fsp3) is 0.0909. The second-order valence-electron chi connectivity index (χ2n) is 6.29. The molecule has 1 heterocycles. The molecule has 3 aromatic carbocycles. The summed E-state index contributed by atoms with van der Waals surface area (Å²) >= 11 is 0. The monoisotopic (exact) mass is 346 g/mol. The van der Waals surface area contributed by atoms with E-state index >= 15 is 0 Å². The van der Waals surface area contributed by atoms with Crippen LogP contribution in [0.4, 0.5) is 8.78 Å². The van der Waals surface area contributed by atoms with Gasteiger partial charge in [0.05, 0.1) is 22.4 Å². The second kappa shape index (κ2) is 6.30. The number of aryl methyl sites for hydroxylation is 2. The largest absolute Gasteiger partial charge is 0.250 e. The highest BCUT2D eigenvalue weighted by molar-refractivity contribution is 5.93. The molecule has 0 aliphatic carbocycles. The van der Waals surface area contributed by atoms with Crippen LogP contribution in [0, 0.1) is 25.5 Å². The van der Waals surface area contributed by atoms with Crippen LogP contribution < -0.4 is 0 Å². The molecule has 0 saturated carbocycles. The molecule has 26 heavy (non-hydrogen) atoms. The van der Waals surface area contributed by atoms with Crippen molar-refractivity contribution in [3.05, 3.63) is 83.7 Å². The maximum absolute atomic E-state index is 13.4. The van der Waals surface area contributed by atoms with Gasteiger partial charge in [0.25, 0.3) is 0 Å². The van der Waals surface area contributed by atoms with Gasteiger partial charge in [-0.2, -0.15) is 0 Å². The summed E-state index contributed by atoms with van der Waals surface area (Å²) in [5, 5.41) is 0. The van der Waals surface area contributed by atoms with Crippen LogP contribution in [-0.2, 0) is 0 Å². The van der Waals surface area contributed by atoms with E-state index in [1.165, 1.54) is 24.3 Å². The minimum Gasteiger partial charge on any atom is -0.250 e. The molecule has 0 saturated heterocycles. The van der Waals surface area contributed by atoms with Gasteiger partial charge in [-0.1, -0.05) is 24.3 Å². The first-order valence-electron chi connectivity index (χ1n) is 8.32. The van der Waals surface area contributed by atoms with E-state index in [1.54, 1.807) is 24.3 Å². The summed E-state index contributed by atoms with van der Waals surface area (Å²) in [6.45, 7) is 3.85. The van der Waals surface area contributed by atoms with Gasteiger partial charge in [-0.15, -0.1) is 0 Å². The van der Waals surface area contributed by atoms with Crippen molar-refractivity contribution in [1.82, 2.24) is 9.97 Å². The Morgan fingerprint density at radius 2 is 0.923 bits per heavy atom. The van der Waals surface area contributed by atoms with E-state index in [0.717, 1.165) is 44.7 Å². The summed E-state index contributed by atoms with van der Waals surface area (Å²) in [6, 6.07) is 16.6. The highest BCUT2D eigenvalue weighted by Gasteiger charge is 2.12. The topological polar surface area (TPSA) is 25.8 Å². The molecule has 4 aromatic rings. The number of rotatable bonds is 2. The summed E-state index contributed by atoms with van der Waals surface area (Å²) < 4.78 is 26.7. The van der Waals surface area contributed by atoms with Gasteiger partial charge in [-0.25, -0.2) is 18.7 Å². The molecule has 1 aromatic heterocycles. The zero-order chi connectivity index (χ0) is 18.3. The van der Waals surface area contributed by atoms with Crippen LogP contribution in [-0.4, -0.2) is 9.97 Å². The van der Waals surface area contributed by atoms with E-state index in [4.69, 9.17) is 0 Å². The highest BCUT2D eigenvalue weighted by Crippen LogP contribution is 2.35. The maximum atomic E-state index is 13.4. The summed E-state index contributed by atoms with van der Waals surface area (Å²) in [6.07, 6.45) is 0. The molecule has 0 aliphatic heterocycles. The molecule has 0 fully saturated rings. The van der Waals surface area contributed by atoms with Crippen molar-refractivity contribution in [3.8, 4) is 22.3 Å². The van der Waals surface area contributed by atoms with Gasteiger partial charge in [0.2, 0.25) is 0 Å². The molecule has 0 radical (unpaired) electrons. The molecule has 0 atom stereocenters. The quantitative estimate of drug-likeness (QED) is 0.454. The molecule has 0 unspecified atom stereocenters. The minimum absolute atomic E-state index is 0.288. The van der Waals surface area contributed by atoms with Crippen molar-refractivity contribution in [1.29, 1.82) is 0 Å². The molecule has 4 heteroatoms. The summed E-state index contributed by atoms with van der Waals surface area (Å²) in [5.74, 6) is -0.576. The summed E-state index contributed by atoms with van der Waals surface area (Å²) in [7, 11) is 0. The Morgan fingerprint density at radius 1 is 0.577 bits per heavy atom. The van der Waals surface area contributed by atoms with E-state index in [-0.39, 0.29) is 11.6 Å². The SMILES string of the molecule is Cc1nc2cc(-c3ccc(F)cc3)c(-c3ccc(F)cc3)cc2nc1C. The summed E-state index contributed by atoms with van der Waals surface area (Å²) in [4.78, 5) is 9.26. The van der Waals surface area contributed by atoms with Crippen LogP contribution in [0.15, 0.2) is 60.7 Å². The van der Waals surface area contributed by atoms with E-state index in [1.807, 2.05) is 26.0 Å². The smallest absolute Gasteiger partial charge is 0.123 e. The first-order valence-corrected chi connectivity index (χ1v) is 8.32. The summed E-state index contributed by atoms with van der Waals surface area (Å²) in [5.41, 5.74) is 6.84. The Kier molecular flexibility index (Phi) is 3.96. The van der Waals surface area contributed by atoms with E-state index in [2.05, 4.69) is 9.97 Å². The van der Waals surface area contributed by atoms with Gasteiger partial charge in [0.1, 0.15) is 11.6 Å². The van der Waals surface area contributed by atoms with Gasteiger partial charge in [0, 0.05) is 0 Å². The standard InChI is InChI=1S/C22H16F2N2/c1-13-14(2)26-22-12-20(16-5-9-18(24)10-6-16)19(11-21(22)25-13)15-3-7-17(23)8-4-15/h3-12H,1-2H3. The number of aromatic nitrogens is 2. The van der Waals surface area contributed by atoms with Gasteiger partial charge >= 0.3 is 0 Å². The molecule has 0 amide bonds. The first kappa shape index (κ1) is 16.3. The van der Waals surface area contributed by atoms with Crippen molar-refractivity contribution >= 4 is 11.0 Å². The Bertz CT molecular complexity index is 1010. The molecule has 2 nitrogen and oxygen atoms in total. The number of hydrogen-bond donors (Lipinski definition) is 0. The zero-order valence-corrected chi connectivity index (χ0v) is 14.4. The van der Waals surface area contributed by atoms with Crippen LogP contribution in [0.2, 0.25) is 0 Å². The van der Waals surface area contributed by atoms with Crippen LogP contribution in [0.5, 0.6) is 0 Å². The van der Waals surface area contributed by atoms with Gasteiger partial charge in [-0.05, 0) is 72.5 Å². The van der Waals surface area contributed by atoms with Crippen LogP contribution in [0.3, 0.4) is 0 Å². The van der Waals surface area contributed by atoms with E-state index in [9.17, 15) is 8.78 Å². The Labute approximate surface area is 150 Å². The van der Waals surface area contributed by atoms with Gasteiger partial charge in [0.15, 0.2) is 0 Å². The van der Waals surface area contributed by atoms with Crippen LogP contribution in [0.1, 0.15) is 11.4 Å². The molecule has 0 spiro atoms. The third kappa shape index (κ3) is 2.94. The first-order chi connectivity index (χ1) is 12.5. The number of halogens is 2. The Morgan fingerprint density at radius 3 is 1.27 bits per heavy atom. The van der Waals surface area contributed by atoms with Crippen molar-refractivity contribution in [2.75, 3.05) is 0 Å². The van der Waals surface area contributed by atoms with Crippen molar-refractivity contribution in [3.63, 3.8) is 0 Å². The van der Waals surface area contributed by atoms with Gasteiger partial charge < -0.3 is 0 Å². The molecular formula is C22H16F2N2. The molecular weight excluding hydrogens is 330 g/mol. The molecule has 128 valence electrons. The lowest BCUT2D eigenvalue weighted by atomic mass is 9.93. The molecule has 0 N–H and O–H groups in total. The second-order valence-corrected chi connectivity index (χ2v) is 6.29. The van der Waals surface area contributed by atoms with Crippen LogP contribution in [0.25, 0.3) is 33.3 Å². The molecule has 4 rings (SSSR count). The lowest BCUT2D eigenvalue weighted by Crippen LogP contribution is -1.95. The van der Waals surface area contributed by atoms with Crippen molar-refractivity contribution in [2.24, 2.45) is 0 Å². The zero-order valence-electron chi connectivity index (χ0n) is 14.4. The number of fused-ring (bicyclic) bond motifs is 1. The predicted octanol–water partition coefficient (Wildman–Crippen LogP) is 5.86. The number of hydrogen-bond acceptors (Lipinski definition) is 2. The van der Waals surface area contributed by atoms with Crippen molar-refractivity contribution in [2.45, 2.75) is 13.8 Å². The highest BCUT2D eigenvalue weighted by atomic mass is 19.1. The van der Waals surface area contributed by atoms with Gasteiger partial charge in [-0.3, -0.25) is 0 Å². The predicted molar refractivity (Wildman–Crippen MR) is 99.8 cm³/mol. The number of benzene rings is 3. The Hall–Kier alpha value is -3.14. The van der Waals surface area contributed by atoms with E-state index in [0.29, 0.717) is 0 Å². The average molecular weight is 346 g/mol. The fourth-order valence-electron chi connectivity index (χ4n) is 3.02. The fourth-order valence-corrected chi connectivity index (χ4v) is 3.02. The normalized spacial score (nSPS) is 11.1.